The van der Waals surface area contributed by atoms with Crippen LogP contribution in [0.3, 0.4) is 0 Å². The molecule has 0 aliphatic carbocycles. The molecule has 3 amide bonds. The van der Waals surface area contributed by atoms with Gasteiger partial charge in [0.1, 0.15) is 5.54 Å². The van der Waals surface area contributed by atoms with Crippen LogP contribution < -0.4 is 10.6 Å². The summed E-state index contributed by atoms with van der Waals surface area (Å²) in [5.41, 5.74) is 1.89. The van der Waals surface area contributed by atoms with Crippen LogP contribution in [-0.4, -0.2) is 47.2 Å². The summed E-state index contributed by atoms with van der Waals surface area (Å²) in [4.78, 5) is 42.2. The summed E-state index contributed by atoms with van der Waals surface area (Å²) in [5, 5.41) is 6.81. The van der Waals surface area contributed by atoms with Crippen molar-refractivity contribution >= 4 is 46.8 Å². The van der Waals surface area contributed by atoms with Gasteiger partial charge in [-0.3, -0.25) is 24.6 Å². The number of anilines is 1. The van der Waals surface area contributed by atoms with Gasteiger partial charge >= 0.3 is 0 Å². The molecule has 0 bridgehead atoms. The quantitative estimate of drug-likeness (QED) is 0.616. The summed E-state index contributed by atoms with van der Waals surface area (Å²) in [5.74, 6) is -1.30. The van der Waals surface area contributed by atoms with E-state index in [2.05, 4.69) is 10.6 Å². The minimum absolute atomic E-state index is 0.184. The first-order chi connectivity index (χ1) is 15.9. The standard InChI is InChI=1S/C25H26ClN3O3S/c1-14-12-16-21(17(26)13-14)27-24(32)25(16)20-19(18(28-25)9-11-33-2)22(30)29(23(20)31)10-8-15-6-4-3-5-7-15/h3-7,12-13,18-20,28H,8-11H2,1-2H3,(H,27,32)/t18-,19+,20+,25+/m0/s1. The van der Waals surface area contributed by atoms with Crippen LogP contribution in [0.4, 0.5) is 5.69 Å². The van der Waals surface area contributed by atoms with Crippen LogP contribution in [0.2, 0.25) is 5.02 Å². The number of nitrogens with one attached hydrogen (secondary N) is 2. The van der Waals surface area contributed by atoms with Crippen molar-refractivity contribution in [2.75, 3.05) is 23.9 Å². The van der Waals surface area contributed by atoms with Crippen LogP contribution in [0.5, 0.6) is 0 Å². The second kappa shape index (κ2) is 8.46. The maximum Gasteiger partial charge on any atom is 0.250 e. The van der Waals surface area contributed by atoms with Crippen molar-refractivity contribution in [1.82, 2.24) is 10.2 Å². The fraction of sp³-hybridized carbons (Fsp3) is 0.400. The molecule has 172 valence electrons. The Bertz CT molecular complexity index is 1140. The topological polar surface area (TPSA) is 78.5 Å². The Morgan fingerprint density at radius 1 is 1.12 bits per heavy atom. The van der Waals surface area contributed by atoms with E-state index in [9.17, 15) is 14.4 Å². The number of carbonyl (C=O) groups excluding carboxylic acids is 3. The minimum atomic E-state index is -1.28. The molecule has 2 aromatic rings. The zero-order valence-electron chi connectivity index (χ0n) is 18.6. The summed E-state index contributed by atoms with van der Waals surface area (Å²) in [7, 11) is 0. The zero-order valence-corrected chi connectivity index (χ0v) is 20.1. The SMILES string of the molecule is CSCC[C@@H]1N[C@@]2(C(=O)Nc3c(Cl)cc(C)cc32)[C@H]2C(=O)N(CCc3ccccc3)C(=O)[C@H]12. The number of likely N-dealkylation sites (tertiary alicyclic amines) is 1. The maximum atomic E-state index is 13.8. The van der Waals surface area contributed by atoms with Gasteiger partial charge in [-0.25, -0.2) is 0 Å². The third-order valence-electron chi connectivity index (χ3n) is 7.11. The Morgan fingerprint density at radius 2 is 1.88 bits per heavy atom. The number of amides is 3. The molecule has 1 spiro atoms. The molecular formula is C25H26ClN3O3S. The van der Waals surface area contributed by atoms with Gasteiger partial charge in [-0.2, -0.15) is 11.8 Å². The van der Waals surface area contributed by atoms with Crippen molar-refractivity contribution in [2.45, 2.75) is 31.3 Å². The second-order valence-electron chi connectivity index (χ2n) is 9.03. The Kier molecular flexibility index (Phi) is 5.75. The molecule has 0 aromatic heterocycles. The van der Waals surface area contributed by atoms with Gasteiger partial charge in [0.15, 0.2) is 0 Å². The molecule has 3 heterocycles. The Balaban J connectivity index is 1.55. The predicted molar refractivity (Wildman–Crippen MR) is 130 cm³/mol. The first-order valence-electron chi connectivity index (χ1n) is 11.2. The van der Waals surface area contributed by atoms with Gasteiger partial charge in [0, 0.05) is 18.2 Å². The average Bonchev–Trinajstić information content (AvgIpc) is 3.37. The number of halogens is 1. The number of hydrogen-bond acceptors (Lipinski definition) is 5. The molecule has 5 rings (SSSR count). The van der Waals surface area contributed by atoms with Gasteiger partial charge in [-0.1, -0.05) is 48.0 Å². The average molecular weight is 484 g/mol. The van der Waals surface area contributed by atoms with E-state index in [0.29, 0.717) is 35.7 Å². The lowest BCUT2D eigenvalue weighted by molar-refractivity contribution is -0.142. The largest absolute Gasteiger partial charge is 0.323 e. The van der Waals surface area contributed by atoms with Gasteiger partial charge in [-0.05, 0) is 49.0 Å². The summed E-state index contributed by atoms with van der Waals surface area (Å²) in [6.07, 6.45) is 3.29. The van der Waals surface area contributed by atoms with Crippen molar-refractivity contribution < 1.29 is 14.4 Å². The molecule has 33 heavy (non-hydrogen) atoms. The lowest BCUT2D eigenvalue weighted by Gasteiger charge is -2.29. The van der Waals surface area contributed by atoms with E-state index in [0.717, 1.165) is 16.9 Å². The highest BCUT2D eigenvalue weighted by molar-refractivity contribution is 7.98. The van der Waals surface area contributed by atoms with Crippen molar-refractivity contribution in [3.8, 4) is 0 Å². The molecule has 2 fully saturated rings. The van der Waals surface area contributed by atoms with Crippen LogP contribution in [0, 0.1) is 18.8 Å². The molecule has 3 aliphatic rings. The van der Waals surface area contributed by atoms with Gasteiger partial charge in [0.25, 0.3) is 0 Å². The van der Waals surface area contributed by atoms with E-state index < -0.39 is 17.4 Å². The molecule has 0 unspecified atom stereocenters. The van der Waals surface area contributed by atoms with Crippen LogP contribution in [0.1, 0.15) is 23.1 Å². The molecule has 3 aliphatic heterocycles. The first-order valence-corrected chi connectivity index (χ1v) is 12.9. The number of benzene rings is 2. The molecule has 8 heteroatoms. The number of fused-ring (bicyclic) bond motifs is 4. The highest BCUT2D eigenvalue weighted by Crippen LogP contribution is 2.54. The van der Waals surface area contributed by atoms with Crippen LogP contribution >= 0.6 is 23.4 Å². The van der Waals surface area contributed by atoms with E-state index >= 15 is 0 Å². The lowest BCUT2D eigenvalue weighted by Crippen LogP contribution is -2.53. The Labute approximate surface area is 202 Å². The predicted octanol–water partition coefficient (Wildman–Crippen LogP) is 3.36. The summed E-state index contributed by atoms with van der Waals surface area (Å²) < 4.78 is 0. The second-order valence-corrected chi connectivity index (χ2v) is 10.4. The monoisotopic (exact) mass is 483 g/mol. The lowest BCUT2D eigenvalue weighted by atomic mass is 9.76. The Hall–Kier alpha value is -2.35. The summed E-state index contributed by atoms with van der Waals surface area (Å²) >= 11 is 8.15. The van der Waals surface area contributed by atoms with E-state index in [1.165, 1.54) is 4.90 Å². The van der Waals surface area contributed by atoms with Crippen LogP contribution in [0.15, 0.2) is 42.5 Å². The molecule has 0 saturated carbocycles. The van der Waals surface area contributed by atoms with E-state index in [-0.39, 0.29) is 23.8 Å². The number of thioether (sulfide) groups is 1. The highest BCUT2D eigenvalue weighted by atomic mass is 35.5. The molecule has 2 saturated heterocycles. The highest BCUT2D eigenvalue weighted by Gasteiger charge is 2.70. The van der Waals surface area contributed by atoms with Gasteiger partial charge < -0.3 is 5.32 Å². The molecule has 2 aromatic carbocycles. The smallest absolute Gasteiger partial charge is 0.250 e. The van der Waals surface area contributed by atoms with Crippen LogP contribution in [0.25, 0.3) is 0 Å². The number of aryl methyl sites for hydroxylation is 1. The fourth-order valence-corrected chi connectivity index (χ4v) is 6.46. The molecule has 6 nitrogen and oxygen atoms in total. The fourth-order valence-electron chi connectivity index (χ4n) is 5.65. The normalized spacial score (nSPS) is 27.9. The third-order valence-corrected chi connectivity index (χ3v) is 8.05. The van der Waals surface area contributed by atoms with E-state index in [1.807, 2.05) is 49.6 Å². The number of hydrogen-bond donors (Lipinski definition) is 2. The van der Waals surface area contributed by atoms with E-state index in [4.69, 9.17) is 11.6 Å². The molecular weight excluding hydrogens is 458 g/mol. The molecule has 4 atom stereocenters. The van der Waals surface area contributed by atoms with Crippen molar-refractivity contribution in [2.24, 2.45) is 11.8 Å². The summed E-state index contributed by atoms with van der Waals surface area (Å²) in [6, 6.07) is 13.2. The summed E-state index contributed by atoms with van der Waals surface area (Å²) in [6.45, 7) is 2.22. The number of imide groups is 1. The first kappa shape index (κ1) is 22.4. The van der Waals surface area contributed by atoms with E-state index in [1.54, 1.807) is 17.8 Å². The zero-order chi connectivity index (χ0) is 23.3. The van der Waals surface area contributed by atoms with Gasteiger partial charge in [0.05, 0.1) is 22.5 Å². The minimum Gasteiger partial charge on any atom is -0.323 e. The molecule has 0 radical (unpaired) electrons. The maximum absolute atomic E-state index is 13.8. The third kappa shape index (κ3) is 3.40. The van der Waals surface area contributed by atoms with Gasteiger partial charge in [-0.15, -0.1) is 0 Å². The Morgan fingerprint density at radius 3 is 2.61 bits per heavy atom. The number of carbonyl (C=O) groups is 3. The number of rotatable bonds is 6. The number of nitrogens with zero attached hydrogens (tertiary/aromatic N) is 1. The van der Waals surface area contributed by atoms with Crippen LogP contribution in [-0.2, 0) is 26.3 Å². The molecule has 2 N–H and O–H groups in total. The van der Waals surface area contributed by atoms with Crippen molar-refractivity contribution in [3.05, 3.63) is 64.2 Å². The van der Waals surface area contributed by atoms with Crippen molar-refractivity contribution in [3.63, 3.8) is 0 Å². The van der Waals surface area contributed by atoms with Gasteiger partial charge in [0.2, 0.25) is 17.7 Å². The van der Waals surface area contributed by atoms with Crippen molar-refractivity contribution in [1.29, 1.82) is 0 Å².